The molecule has 0 amide bonds. The molecule has 0 bridgehead atoms. The van der Waals surface area contributed by atoms with Crippen LogP contribution in [0.2, 0.25) is 0 Å². The molecule has 0 spiro atoms. The van der Waals surface area contributed by atoms with Crippen LogP contribution < -0.4 is 0 Å². The first kappa shape index (κ1) is 15.1. The molecule has 0 radical (unpaired) electrons. The predicted molar refractivity (Wildman–Crippen MR) is 84.0 cm³/mol. The number of nitrogens with zero attached hydrogens (tertiary/aromatic N) is 5. The normalized spacial score (nSPS) is 16.9. The van der Waals surface area contributed by atoms with E-state index in [1.807, 2.05) is 4.68 Å². The molecule has 22 heavy (non-hydrogen) atoms. The maximum atomic E-state index is 5.47. The number of rotatable bonds is 3. The Kier molecular flexibility index (Phi) is 3.97. The fourth-order valence-corrected chi connectivity index (χ4v) is 3.12. The average molecular weight is 301 g/mol. The minimum atomic E-state index is -0.248. The molecule has 1 saturated heterocycles. The highest BCUT2D eigenvalue weighted by atomic mass is 16.5. The van der Waals surface area contributed by atoms with Gasteiger partial charge in [-0.2, -0.15) is 4.68 Å². The molecule has 1 aliphatic heterocycles. The van der Waals surface area contributed by atoms with E-state index in [4.69, 9.17) is 4.74 Å². The van der Waals surface area contributed by atoms with Crippen molar-refractivity contribution in [3.8, 4) is 5.69 Å². The number of tetrazole rings is 1. The highest BCUT2D eigenvalue weighted by Gasteiger charge is 2.35. The molecular weight excluding hydrogens is 278 g/mol. The summed E-state index contributed by atoms with van der Waals surface area (Å²) >= 11 is 0. The molecule has 0 N–H and O–H groups in total. The van der Waals surface area contributed by atoms with Crippen LogP contribution >= 0.6 is 0 Å². The highest BCUT2D eigenvalue weighted by Crippen LogP contribution is 2.29. The summed E-state index contributed by atoms with van der Waals surface area (Å²) in [4.78, 5) is 2.38. The van der Waals surface area contributed by atoms with E-state index in [1.165, 1.54) is 11.1 Å². The molecule has 2 heterocycles. The zero-order valence-corrected chi connectivity index (χ0v) is 13.7. The topological polar surface area (TPSA) is 56.1 Å². The number of para-hydroxylation sites is 1. The molecule has 0 saturated carbocycles. The molecule has 0 aliphatic carbocycles. The van der Waals surface area contributed by atoms with Gasteiger partial charge in [0.2, 0.25) is 0 Å². The molecule has 3 rings (SSSR count). The Bertz CT molecular complexity index is 638. The first-order chi connectivity index (χ1) is 10.5. The first-order valence-corrected chi connectivity index (χ1v) is 7.70. The Morgan fingerprint density at radius 2 is 1.73 bits per heavy atom. The van der Waals surface area contributed by atoms with Crippen molar-refractivity contribution in [1.29, 1.82) is 0 Å². The summed E-state index contributed by atoms with van der Waals surface area (Å²) < 4.78 is 7.35. The summed E-state index contributed by atoms with van der Waals surface area (Å²) in [5, 5.41) is 12.6. The monoisotopic (exact) mass is 301 g/mol. The number of hydrogen-bond acceptors (Lipinski definition) is 5. The van der Waals surface area contributed by atoms with Crippen LogP contribution in [-0.2, 0) is 10.3 Å². The summed E-state index contributed by atoms with van der Waals surface area (Å²) in [6.45, 7) is 11.8. The largest absolute Gasteiger partial charge is 0.379 e. The minimum Gasteiger partial charge on any atom is -0.379 e. The molecule has 2 aromatic rings. The van der Waals surface area contributed by atoms with Crippen molar-refractivity contribution in [3.63, 3.8) is 0 Å². The van der Waals surface area contributed by atoms with Gasteiger partial charge in [0.05, 0.1) is 24.4 Å². The van der Waals surface area contributed by atoms with E-state index in [2.05, 4.69) is 66.3 Å². The van der Waals surface area contributed by atoms with Gasteiger partial charge in [-0.25, -0.2) is 0 Å². The van der Waals surface area contributed by atoms with Gasteiger partial charge in [0.25, 0.3) is 0 Å². The third-order valence-electron chi connectivity index (χ3n) is 4.47. The van der Waals surface area contributed by atoms with Crippen molar-refractivity contribution in [3.05, 3.63) is 35.2 Å². The Balaban J connectivity index is 2.05. The van der Waals surface area contributed by atoms with E-state index in [1.54, 1.807) is 0 Å². The molecule has 1 aromatic carbocycles. The third kappa shape index (κ3) is 2.53. The lowest BCUT2D eigenvalue weighted by Gasteiger charge is -2.39. The molecule has 1 fully saturated rings. The number of hydrogen-bond donors (Lipinski definition) is 0. The van der Waals surface area contributed by atoms with Gasteiger partial charge in [-0.15, -0.1) is 5.10 Å². The van der Waals surface area contributed by atoms with E-state index < -0.39 is 0 Å². The summed E-state index contributed by atoms with van der Waals surface area (Å²) in [6, 6.07) is 6.25. The van der Waals surface area contributed by atoms with Crippen molar-refractivity contribution >= 4 is 0 Å². The Labute approximate surface area is 131 Å². The zero-order chi connectivity index (χ0) is 15.7. The van der Waals surface area contributed by atoms with Gasteiger partial charge in [-0.1, -0.05) is 18.2 Å². The lowest BCUT2D eigenvalue weighted by Crippen LogP contribution is -2.49. The second-order valence-corrected chi connectivity index (χ2v) is 6.31. The van der Waals surface area contributed by atoms with Crippen LogP contribution in [0.4, 0.5) is 0 Å². The van der Waals surface area contributed by atoms with Crippen LogP contribution in [0.3, 0.4) is 0 Å². The van der Waals surface area contributed by atoms with E-state index in [-0.39, 0.29) is 5.54 Å². The fourth-order valence-electron chi connectivity index (χ4n) is 3.12. The molecule has 0 unspecified atom stereocenters. The number of ether oxygens (including phenoxy) is 1. The van der Waals surface area contributed by atoms with Crippen LogP contribution in [-0.4, -0.2) is 51.4 Å². The van der Waals surface area contributed by atoms with Gasteiger partial charge in [-0.05, 0) is 49.2 Å². The maximum absolute atomic E-state index is 5.47. The maximum Gasteiger partial charge on any atom is 0.176 e. The Morgan fingerprint density at radius 3 is 2.36 bits per heavy atom. The molecule has 1 aliphatic rings. The van der Waals surface area contributed by atoms with Crippen LogP contribution in [0.5, 0.6) is 0 Å². The van der Waals surface area contributed by atoms with Crippen molar-refractivity contribution in [2.45, 2.75) is 33.2 Å². The number of aryl methyl sites for hydroxylation is 2. The second-order valence-electron chi connectivity index (χ2n) is 6.31. The highest BCUT2D eigenvalue weighted by molar-refractivity contribution is 5.46. The Morgan fingerprint density at radius 1 is 1.09 bits per heavy atom. The smallest absolute Gasteiger partial charge is 0.176 e. The Hall–Kier alpha value is -1.79. The van der Waals surface area contributed by atoms with Crippen molar-refractivity contribution in [2.75, 3.05) is 26.3 Å². The van der Waals surface area contributed by atoms with E-state index >= 15 is 0 Å². The van der Waals surface area contributed by atoms with Gasteiger partial charge in [-0.3, -0.25) is 4.90 Å². The third-order valence-corrected chi connectivity index (χ3v) is 4.47. The molecular formula is C16H23N5O. The van der Waals surface area contributed by atoms with E-state index in [0.29, 0.717) is 0 Å². The molecule has 1 aromatic heterocycles. The predicted octanol–water partition coefficient (Wildman–Crippen LogP) is 1.85. The molecule has 6 heteroatoms. The summed E-state index contributed by atoms with van der Waals surface area (Å²) in [5.41, 5.74) is 3.17. The minimum absolute atomic E-state index is 0.248. The first-order valence-electron chi connectivity index (χ1n) is 7.70. The molecule has 6 nitrogen and oxygen atoms in total. The van der Waals surface area contributed by atoms with Crippen molar-refractivity contribution < 1.29 is 4.74 Å². The number of morpholine rings is 1. The lowest BCUT2D eigenvalue weighted by atomic mass is 10.00. The quantitative estimate of drug-likeness (QED) is 0.866. The van der Waals surface area contributed by atoms with Gasteiger partial charge >= 0.3 is 0 Å². The van der Waals surface area contributed by atoms with Crippen molar-refractivity contribution in [2.24, 2.45) is 0 Å². The standard InChI is InChI=1S/C16H23N5O/c1-12-6-5-7-13(2)14(12)21-15(17-18-19-21)16(3,4)20-8-10-22-11-9-20/h5-7H,8-11H2,1-4H3. The van der Waals surface area contributed by atoms with Crippen molar-refractivity contribution in [1.82, 2.24) is 25.1 Å². The van der Waals surface area contributed by atoms with Crippen LogP contribution in [0.25, 0.3) is 5.69 Å². The van der Waals surface area contributed by atoms with Crippen LogP contribution in [0, 0.1) is 13.8 Å². The van der Waals surface area contributed by atoms with E-state index in [9.17, 15) is 0 Å². The van der Waals surface area contributed by atoms with Gasteiger partial charge in [0.15, 0.2) is 5.82 Å². The molecule has 118 valence electrons. The fraction of sp³-hybridized carbons (Fsp3) is 0.562. The summed E-state index contributed by atoms with van der Waals surface area (Å²) in [6.07, 6.45) is 0. The number of aromatic nitrogens is 4. The average Bonchev–Trinajstić information content (AvgIpc) is 2.98. The summed E-state index contributed by atoms with van der Waals surface area (Å²) in [7, 11) is 0. The summed E-state index contributed by atoms with van der Waals surface area (Å²) in [5.74, 6) is 0.867. The number of benzene rings is 1. The SMILES string of the molecule is Cc1cccc(C)c1-n1nnnc1C(C)(C)N1CCOCC1. The lowest BCUT2D eigenvalue weighted by molar-refractivity contribution is -0.0155. The second kappa shape index (κ2) is 5.78. The van der Waals surface area contributed by atoms with Crippen LogP contribution in [0.1, 0.15) is 30.8 Å². The van der Waals surface area contributed by atoms with Crippen LogP contribution in [0.15, 0.2) is 18.2 Å². The zero-order valence-electron chi connectivity index (χ0n) is 13.7. The van der Waals surface area contributed by atoms with Gasteiger partial charge in [0.1, 0.15) is 0 Å². The molecule has 0 atom stereocenters. The van der Waals surface area contributed by atoms with Gasteiger partial charge in [0, 0.05) is 13.1 Å². The van der Waals surface area contributed by atoms with E-state index in [0.717, 1.165) is 37.8 Å². The van der Waals surface area contributed by atoms with Gasteiger partial charge < -0.3 is 4.74 Å².